The minimum absolute atomic E-state index is 0.768. The van der Waals surface area contributed by atoms with E-state index in [9.17, 15) is 0 Å². The Morgan fingerprint density at radius 1 is 1.06 bits per heavy atom. The van der Waals surface area contributed by atoms with Crippen LogP contribution >= 0.6 is 11.6 Å². The summed E-state index contributed by atoms with van der Waals surface area (Å²) in [6.07, 6.45) is 0.962. The van der Waals surface area contributed by atoms with Gasteiger partial charge in [0.25, 0.3) is 0 Å². The molecule has 0 bridgehead atoms. The second-order valence-electron chi connectivity index (χ2n) is 3.90. The van der Waals surface area contributed by atoms with Crippen molar-refractivity contribution in [1.29, 1.82) is 0 Å². The van der Waals surface area contributed by atoms with Crippen molar-refractivity contribution in [2.45, 2.75) is 6.42 Å². The van der Waals surface area contributed by atoms with Gasteiger partial charge in [0.2, 0.25) is 0 Å². The number of benzene rings is 2. The van der Waals surface area contributed by atoms with Crippen LogP contribution in [0.4, 0.5) is 0 Å². The summed E-state index contributed by atoms with van der Waals surface area (Å²) in [5.74, 6) is 0.975. The SMILES string of the molecule is Clc1cc2c(cc1-c1ccccc1)OCC2. The summed E-state index contributed by atoms with van der Waals surface area (Å²) in [6.45, 7) is 0.768. The van der Waals surface area contributed by atoms with Gasteiger partial charge in [-0.15, -0.1) is 0 Å². The lowest BCUT2D eigenvalue weighted by molar-refractivity contribution is 0.357. The lowest BCUT2D eigenvalue weighted by Gasteiger charge is -2.07. The van der Waals surface area contributed by atoms with Gasteiger partial charge in [-0.2, -0.15) is 0 Å². The van der Waals surface area contributed by atoms with E-state index in [0.717, 1.165) is 34.9 Å². The Bertz CT molecular complexity index is 520. The van der Waals surface area contributed by atoms with E-state index < -0.39 is 0 Å². The number of hydrogen-bond acceptors (Lipinski definition) is 1. The number of halogens is 1. The van der Waals surface area contributed by atoms with Crippen molar-refractivity contribution in [3.05, 3.63) is 53.1 Å². The fourth-order valence-electron chi connectivity index (χ4n) is 2.03. The van der Waals surface area contributed by atoms with Gasteiger partial charge in [-0.1, -0.05) is 41.9 Å². The van der Waals surface area contributed by atoms with E-state index in [1.165, 1.54) is 5.56 Å². The fourth-order valence-corrected chi connectivity index (χ4v) is 2.33. The predicted octanol–water partition coefficient (Wildman–Crippen LogP) is 3.94. The van der Waals surface area contributed by atoms with Crippen molar-refractivity contribution in [3.8, 4) is 16.9 Å². The van der Waals surface area contributed by atoms with E-state index in [2.05, 4.69) is 12.1 Å². The normalized spacial score (nSPS) is 13.3. The van der Waals surface area contributed by atoms with Gasteiger partial charge in [-0.25, -0.2) is 0 Å². The molecule has 0 N–H and O–H groups in total. The van der Waals surface area contributed by atoms with Crippen LogP contribution in [0.3, 0.4) is 0 Å². The number of rotatable bonds is 1. The summed E-state index contributed by atoms with van der Waals surface area (Å²) >= 11 is 6.29. The van der Waals surface area contributed by atoms with Crippen LogP contribution in [0.25, 0.3) is 11.1 Å². The largest absolute Gasteiger partial charge is 0.493 e. The third kappa shape index (κ3) is 1.57. The van der Waals surface area contributed by atoms with E-state index in [0.29, 0.717) is 0 Å². The molecule has 0 aromatic heterocycles. The van der Waals surface area contributed by atoms with Gasteiger partial charge in [0, 0.05) is 17.0 Å². The molecule has 0 radical (unpaired) electrons. The Morgan fingerprint density at radius 3 is 2.69 bits per heavy atom. The van der Waals surface area contributed by atoms with Crippen molar-refractivity contribution in [2.24, 2.45) is 0 Å². The quantitative estimate of drug-likeness (QED) is 0.721. The molecule has 0 fully saturated rings. The summed E-state index contributed by atoms with van der Waals surface area (Å²) in [7, 11) is 0. The molecule has 1 aliphatic heterocycles. The lowest BCUT2D eigenvalue weighted by atomic mass is 10.0. The molecule has 1 aliphatic rings. The van der Waals surface area contributed by atoms with Crippen LogP contribution in [0.5, 0.6) is 5.75 Å². The predicted molar refractivity (Wildman–Crippen MR) is 66.1 cm³/mol. The highest BCUT2D eigenvalue weighted by atomic mass is 35.5. The van der Waals surface area contributed by atoms with Gasteiger partial charge >= 0.3 is 0 Å². The van der Waals surface area contributed by atoms with E-state index in [4.69, 9.17) is 16.3 Å². The molecule has 0 saturated heterocycles. The molecule has 0 aliphatic carbocycles. The number of hydrogen-bond donors (Lipinski definition) is 0. The van der Waals surface area contributed by atoms with Crippen LogP contribution in [0.15, 0.2) is 42.5 Å². The molecule has 2 aromatic rings. The first-order chi connectivity index (χ1) is 7.84. The molecule has 1 nitrogen and oxygen atoms in total. The summed E-state index contributed by atoms with van der Waals surface area (Å²) in [4.78, 5) is 0. The molecule has 0 spiro atoms. The monoisotopic (exact) mass is 230 g/mol. The summed E-state index contributed by atoms with van der Waals surface area (Å²) in [5, 5.41) is 0.801. The Balaban J connectivity index is 2.15. The van der Waals surface area contributed by atoms with Gasteiger partial charge in [0.1, 0.15) is 5.75 Å². The maximum Gasteiger partial charge on any atom is 0.123 e. The maximum atomic E-state index is 6.29. The Kier molecular flexibility index (Phi) is 2.33. The van der Waals surface area contributed by atoms with E-state index in [-0.39, 0.29) is 0 Å². The Hall–Kier alpha value is -1.47. The molecule has 3 rings (SSSR count). The van der Waals surface area contributed by atoms with Crippen molar-refractivity contribution >= 4 is 11.6 Å². The molecular formula is C14H11ClO. The number of fused-ring (bicyclic) bond motifs is 1. The zero-order valence-electron chi connectivity index (χ0n) is 8.74. The van der Waals surface area contributed by atoms with Crippen LogP contribution in [0.1, 0.15) is 5.56 Å². The van der Waals surface area contributed by atoms with Crippen LogP contribution in [-0.4, -0.2) is 6.61 Å². The smallest absolute Gasteiger partial charge is 0.123 e. The Labute approximate surface area is 99.6 Å². The highest BCUT2D eigenvalue weighted by Crippen LogP contribution is 2.36. The topological polar surface area (TPSA) is 9.23 Å². The number of ether oxygens (including phenoxy) is 1. The Morgan fingerprint density at radius 2 is 1.88 bits per heavy atom. The van der Waals surface area contributed by atoms with Crippen molar-refractivity contribution in [2.75, 3.05) is 6.61 Å². The minimum Gasteiger partial charge on any atom is -0.493 e. The molecular weight excluding hydrogens is 220 g/mol. The van der Waals surface area contributed by atoms with Gasteiger partial charge in [0.15, 0.2) is 0 Å². The minimum atomic E-state index is 0.768. The molecule has 0 saturated carbocycles. The summed E-state index contributed by atoms with van der Waals surface area (Å²) in [6, 6.07) is 14.2. The highest BCUT2D eigenvalue weighted by molar-refractivity contribution is 6.33. The molecule has 2 aromatic carbocycles. The molecule has 0 atom stereocenters. The molecule has 0 unspecified atom stereocenters. The highest BCUT2D eigenvalue weighted by Gasteiger charge is 2.15. The van der Waals surface area contributed by atoms with Crippen molar-refractivity contribution < 1.29 is 4.74 Å². The maximum absolute atomic E-state index is 6.29. The molecule has 0 amide bonds. The first-order valence-electron chi connectivity index (χ1n) is 5.35. The third-order valence-electron chi connectivity index (χ3n) is 2.86. The fraction of sp³-hybridized carbons (Fsp3) is 0.143. The van der Waals surface area contributed by atoms with E-state index >= 15 is 0 Å². The zero-order valence-corrected chi connectivity index (χ0v) is 9.50. The van der Waals surface area contributed by atoms with Crippen molar-refractivity contribution in [3.63, 3.8) is 0 Å². The zero-order chi connectivity index (χ0) is 11.0. The standard InChI is InChI=1S/C14H11ClO/c15-13-8-11-6-7-16-14(11)9-12(13)10-4-2-1-3-5-10/h1-5,8-9H,6-7H2. The summed E-state index contributed by atoms with van der Waals surface area (Å²) < 4.78 is 5.56. The van der Waals surface area contributed by atoms with Gasteiger partial charge in [-0.3, -0.25) is 0 Å². The van der Waals surface area contributed by atoms with Crippen LogP contribution in [0, 0.1) is 0 Å². The van der Waals surface area contributed by atoms with E-state index in [1.54, 1.807) is 0 Å². The first-order valence-corrected chi connectivity index (χ1v) is 5.73. The van der Waals surface area contributed by atoms with Crippen LogP contribution in [-0.2, 0) is 6.42 Å². The lowest BCUT2D eigenvalue weighted by Crippen LogP contribution is -1.86. The third-order valence-corrected chi connectivity index (χ3v) is 3.18. The molecule has 80 valence electrons. The average molecular weight is 231 g/mol. The molecule has 1 heterocycles. The molecule has 2 heteroatoms. The van der Waals surface area contributed by atoms with Crippen LogP contribution in [0.2, 0.25) is 5.02 Å². The second-order valence-corrected chi connectivity index (χ2v) is 4.31. The van der Waals surface area contributed by atoms with Crippen molar-refractivity contribution in [1.82, 2.24) is 0 Å². The summed E-state index contributed by atoms with van der Waals surface area (Å²) in [5.41, 5.74) is 3.39. The molecule has 16 heavy (non-hydrogen) atoms. The van der Waals surface area contributed by atoms with Gasteiger partial charge in [0.05, 0.1) is 6.61 Å². The van der Waals surface area contributed by atoms with E-state index in [1.807, 2.05) is 30.3 Å². The van der Waals surface area contributed by atoms with Crippen LogP contribution < -0.4 is 4.74 Å². The first kappa shape index (κ1) is 9.73. The second kappa shape index (κ2) is 3.84. The van der Waals surface area contributed by atoms with Gasteiger partial charge < -0.3 is 4.74 Å². The van der Waals surface area contributed by atoms with Gasteiger partial charge in [-0.05, 0) is 23.3 Å². The average Bonchev–Trinajstić information content (AvgIpc) is 2.76.